The number of hydrogen-bond acceptors (Lipinski definition) is 6. The van der Waals surface area contributed by atoms with Gasteiger partial charge in [-0.15, -0.1) is 0 Å². The number of pyridine rings is 1. The second-order valence-corrected chi connectivity index (χ2v) is 4.45. The molecule has 100 valence electrons. The Morgan fingerprint density at radius 2 is 2.05 bits per heavy atom. The zero-order valence-electron chi connectivity index (χ0n) is 10.7. The zero-order valence-corrected chi connectivity index (χ0v) is 10.7. The van der Waals surface area contributed by atoms with Gasteiger partial charge in [0.15, 0.2) is 5.78 Å². The minimum atomic E-state index is -0.211. The predicted molar refractivity (Wildman–Crippen MR) is 75.0 cm³/mol. The van der Waals surface area contributed by atoms with E-state index in [0.29, 0.717) is 27.8 Å². The Hall–Kier alpha value is -2.96. The average molecular weight is 268 g/mol. The van der Waals surface area contributed by atoms with Crippen molar-refractivity contribution in [3.8, 4) is 0 Å². The number of nitrogen functional groups attached to an aromatic ring is 2. The number of ketones is 1. The van der Waals surface area contributed by atoms with Gasteiger partial charge in [-0.1, -0.05) is 0 Å². The van der Waals surface area contributed by atoms with Crippen molar-refractivity contribution in [2.45, 2.75) is 0 Å². The molecule has 0 aromatic carbocycles. The van der Waals surface area contributed by atoms with E-state index in [2.05, 4.69) is 15.0 Å². The molecule has 0 aliphatic rings. The molecule has 0 saturated heterocycles. The molecule has 0 atom stereocenters. The van der Waals surface area contributed by atoms with Crippen LogP contribution in [0.25, 0.3) is 11.0 Å². The molecule has 0 saturated carbocycles. The molecule has 0 fully saturated rings. The molecule has 0 unspecified atom stereocenters. The summed E-state index contributed by atoms with van der Waals surface area (Å²) in [5.41, 5.74) is 13.4. The number of hydrogen-bond donors (Lipinski definition) is 2. The van der Waals surface area contributed by atoms with Crippen molar-refractivity contribution in [1.82, 2.24) is 19.5 Å². The molecule has 0 bridgehead atoms. The van der Waals surface area contributed by atoms with Gasteiger partial charge in [-0.3, -0.25) is 9.78 Å². The predicted octanol–water partition coefficient (Wildman–Crippen LogP) is 0.759. The molecule has 3 aromatic heterocycles. The van der Waals surface area contributed by atoms with Gasteiger partial charge in [0.25, 0.3) is 0 Å². The average Bonchev–Trinajstić information content (AvgIpc) is 2.77. The second kappa shape index (κ2) is 4.30. The lowest BCUT2D eigenvalue weighted by molar-refractivity contribution is 0.104. The molecule has 0 radical (unpaired) electrons. The zero-order chi connectivity index (χ0) is 14.3. The minimum absolute atomic E-state index is 0.211. The van der Waals surface area contributed by atoms with Gasteiger partial charge < -0.3 is 16.0 Å². The smallest absolute Gasteiger partial charge is 0.197 e. The van der Waals surface area contributed by atoms with Crippen molar-refractivity contribution in [3.63, 3.8) is 0 Å². The van der Waals surface area contributed by atoms with Crippen LogP contribution in [0, 0.1) is 0 Å². The van der Waals surface area contributed by atoms with Crippen LogP contribution in [0.2, 0.25) is 0 Å². The molecule has 0 aliphatic carbocycles. The van der Waals surface area contributed by atoms with Crippen LogP contribution in [-0.4, -0.2) is 25.3 Å². The molecule has 7 heteroatoms. The lowest BCUT2D eigenvalue weighted by atomic mass is 10.1. The number of carbonyl (C=O) groups is 1. The molecule has 20 heavy (non-hydrogen) atoms. The van der Waals surface area contributed by atoms with Crippen molar-refractivity contribution in [2.24, 2.45) is 7.05 Å². The van der Waals surface area contributed by atoms with E-state index in [1.165, 1.54) is 18.7 Å². The van der Waals surface area contributed by atoms with Crippen LogP contribution in [0.1, 0.15) is 15.9 Å². The number of anilines is 2. The molecule has 3 heterocycles. The first-order valence-electron chi connectivity index (χ1n) is 5.88. The van der Waals surface area contributed by atoms with Crippen LogP contribution in [0.5, 0.6) is 0 Å². The van der Waals surface area contributed by atoms with E-state index in [1.807, 2.05) is 0 Å². The first kappa shape index (κ1) is 12.1. The Balaban J connectivity index is 2.22. The summed E-state index contributed by atoms with van der Waals surface area (Å²) in [4.78, 5) is 24.6. The van der Waals surface area contributed by atoms with Crippen LogP contribution in [-0.2, 0) is 7.05 Å². The Morgan fingerprint density at radius 3 is 2.80 bits per heavy atom. The van der Waals surface area contributed by atoms with Gasteiger partial charge in [0.05, 0.1) is 16.6 Å². The van der Waals surface area contributed by atoms with Crippen LogP contribution in [0.15, 0.2) is 31.0 Å². The monoisotopic (exact) mass is 268 g/mol. The number of rotatable bonds is 2. The molecule has 0 amide bonds. The van der Waals surface area contributed by atoms with Gasteiger partial charge in [-0.25, -0.2) is 9.97 Å². The summed E-state index contributed by atoms with van der Waals surface area (Å²) >= 11 is 0. The lowest BCUT2D eigenvalue weighted by Crippen LogP contribution is -2.04. The number of fused-ring (bicyclic) bond motifs is 1. The van der Waals surface area contributed by atoms with Crippen molar-refractivity contribution in [3.05, 3.63) is 42.1 Å². The molecular formula is C13H12N6O. The summed E-state index contributed by atoms with van der Waals surface area (Å²) in [6.45, 7) is 0. The summed E-state index contributed by atoms with van der Waals surface area (Å²) in [6.07, 6.45) is 6.00. The minimum Gasteiger partial charge on any atom is -0.397 e. The summed E-state index contributed by atoms with van der Waals surface area (Å²) < 4.78 is 1.74. The van der Waals surface area contributed by atoms with Gasteiger partial charge in [0, 0.05) is 31.2 Å². The van der Waals surface area contributed by atoms with E-state index >= 15 is 0 Å². The Kier molecular flexibility index (Phi) is 2.60. The SMILES string of the molecule is Cn1cc(C(=O)c2cncc(N)c2)c2c(N)ncnc21. The normalized spacial score (nSPS) is 10.8. The molecule has 0 aliphatic heterocycles. The summed E-state index contributed by atoms with van der Waals surface area (Å²) in [7, 11) is 1.79. The highest BCUT2D eigenvalue weighted by molar-refractivity contribution is 6.18. The van der Waals surface area contributed by atoms with Gasteiger partial charge in [0.2, 0.25) is 0 Å². The number of nitrogens with zero attached hydrogens (tertiary/aromatic N) is 4. The highest BCUT2D eigenvalue weighted by Gasteiger charge is 2.19. The van der Waals surface area contributed by atoms with Crippen molar-refractivity contribution in [2.75, 3.05) is 11.5 Å². The van der Waals surface area contributed by atoms with Gasteiger partial charge in [-0.2, -0.15) is 0 Å². The number of aromatic nitrogens is 4. The molecule has 7 nitrogen and oxygen atoms in total. The molecule has 0 spiro atoms. The third-order valence-electron chi connectivity index (χ3n) is 3.05. The van der Waals surface area contributed by atoms with Crippen LogP contribution in [0.3, 0.4) is 0 Å². The van der Waals surface area contributed by atoms with E-state index in [9.17, 15) is 4.79 Å². The van der Waals surface area contributed by atoms with Gasteiger partial charge >= 0.3 is 0 Å². The molecular weight excluding hydrogens is 256 g/mol. The maximum absolute atomic E-state index is 12.6. The Bertz CT molecular complexity index is 823. The van der Waals surface area contributed by atoms with E-state index in [4.69, 9.17) is 11.5 Å². The van der Waals surface area contributed by atoms with Crippen molar-refractivity contribution >= 4 is 28.3 Å². The topological polar surface area (TPSA) is 113 Å². The fourth-order valence-electron chi connectivity index (χ4n) is 2.14. The second-order valence-electron chi connectivity index (χ2n) is 4.45. The van der Waals surface area contributed by atoms with E-state index in [0.717, 1.165) is 0 Å². The van der Waals surface area contributed by atoms with E-state index in [1.54, 1.807) is 23.9 Å². The maximum atomic E-state index is 12.6. The first-order chi connectivity index (χ1) is 9.58. The molecule has 3 rings (SSSR count). The highest BCUT2D eigenvalue weighted by Crippen LogP contribution is 2.25. The van der Waals surface area contributed by atoms with Gasteiger partial charge in [0.1, 0.15) is 17.8 Å². The number of aryl methyl sites for hydroxylation is 1. The van der Waals surface area contributed by atoms with Crippen molar-refractivity contribution in [1.29, 1.82) is 0 Å². The van der Waals surface area contributed by atoms with Crippen LogP contribution in [0.4, 0.5) is 11.5 Å². The maximum Gasteiger partial charge on any atom is 0.197 e. The highest BCUT2D eigenvalue weighted by atomic mass is 16.1. The summed E-state index contributed by atoms with van der Waals surface area (Å²) in [5.74, 6) is 0.0627. The van der Waals surface area contributed by atoms with Crippen LogP contribution >= 0.6 is 0 Å². The van der Waals surface area contributed by atoms with E-state index < -0.39 is 0 Å². The molecule has 4 N–H and O–H groups in total. The van der Waals surface area contributed by atoms with E-state index in [-0.39, 0.29) is 11.6 Å². The first-order valence-corrected chi connectivity index (χ1v) is 5.88. The Labute approximate surface area is 114 Å². The quantitative estimate of drug-likeness (QED) is 0.663. The third-order valence-corrected chi connectivity index (χ3v) is 3.05. The third kappa shape index (κ3) is 1.76. The van der Waals surface area contributed by atoms with Gasteiger partial charge in [-0.05, 0) is 6.07 Å². The lowest BCUT2D eigenvalue weighted by Gasteiger charge is -2.01. The fraction of sp³-hybridized carbons (Fsp3) is 0.0769. The van der Waals surface area contributed by atoms with Crippen LogP contribution < -0.4 is 11.5 Å². The molecule has 3 aromatic rings. The number of carbonyl (C=O) groups excluding carboxylic acids is 1. The standard InChI is InChI=1S/C13H12N6O/c1-19-5-9(10-12(15)17-6-18-13(10)19)11(20)7-2-8(14)4-16-3-7/h2-6H,14H2,1H3,(H2,15,17,18). The fourth-order valence-corrected chi connectivity index (χ4v) is 2.14. The number of nitrogens with two attached hydrogens (primary N) is 2. The summed E-state index contributed by atoms with van der Waals surface area (Å²) in [6, 6.07) is 1.58. The Morgan fingerprint density at radius 1 is 1.25 bits per heavy atom. The largest absolute Gasteiger partial charge is 0.397 e. The summed E-state index contributed by atoms with van der Waals surface area (Å²) in [5, 5.41) is 0.544. The van der Waals surface area contributed by atoms with Crippen molar-refractivity contribution < 1.29 is 4.79 Å².